The third kappa shape index (κ3) is 3.58. The molecule has 0 aromatic heterocycles. The maximum absolute atomic E-state index is 10.3. The van der Waals surface area contributed by atoms with Gasteiger partial charge in [0.15, 0.2) is 0 Å². The quantitative estimate of drug-likeness (QED) is 0.654. The summed E-state index contributed by atoms with van der Waals surface area (Å²) < 4.78 is 10.7. The number of benzene rings is 2. The first-order valence-electron chi connectivity index (χ1n) is 7.71. The minimum absolute atomic E-state index is 0.117. The van der Waals surface area contributed by atoms with Crippen molar-refractivity contribution in [1.29, 1.82) is 0 Å². The van der Waals surface area contributed by atoms with E-state index in [0.717, 1.165) is 5.56 Å². The summed E-state index contributed by atoms with van der Waals surface area (Å²) in [7, 11) is 0. The maximum Gasteiger partial charge on any atom is 0.228 e. The summed E-state index contributed by atoms with van der Waals surface area (Å²) >= 11 is 0. The second kappa shape index (κ2) is 7.29. The molecule has 2 aromatic carbocycles. The van der Waals surface area contributed by atoms with Crippen LogP contribution in [-0.2, 0) is 4.74 Å². The minimum atomic E-state index is -1.34. The number of aliphatic hydroxyl groups is 4. The first-order chi connectivity index (χ1) is 11.6. The average Bonchev–Trinajstić information content (AvgIpc) is 2.63. The molecule has 1 aliphatic rings. The average molecular weight is 332 g/mol. The molecule has 4 N–H and O–H groups in total. The Bertz CT molecular complexity index is 644. The lowest BCUT2D eigenvalue weighted by Crippen LogP contribution is -2.54. The molecule has 0 amide bonds. The Kier molecular flexibility index (Phi) is 5.13. The Hall–Kier alpha value is -1.96. The van der Waals surface area contributed by atoms with Gasteiger partial charge in [0.25, 0.3) is 0 Å². The van der Waals surface area contributed by atoms with E-state index in [2.05, 4.69) is 0 Å². The summed E-state index contributed by atoms with van der Waals surface area (Å²) in [5.41, 5.74) is 1.49. The SMILES string of the molecule is OC(c1ccccc1)c1ccc(O[C@@H]2OC[C@@H](O)[C@H](O)[C@H]2O)cc1. The molecule has 0 aliphatic carbocycles. The number of aliphatic hydroxyl groups excluding tert-OH is 4. The van der Waals surface area contributed by atoms with Gasteiger partial charge in [0.2, 0.25) is 6.29 Å². The van der Waals surface area contributed by atoms with Crippen LogP contribution in [0.2, 0.25) is 0 Å². The molecule has 0 radical (unpaired) electrons. The molecule has 24 heavy (non-hydrogen) atoms. The Labute approximate surface area is 139 Å². The highest BCUT2D eigenvalue weighted by molar-refractivity contribution is 5.34. The van der Waals surface area contributed by atoms with Gasteiger partial charge in [-0.1, -0.05) is 42.5 Å². The van der Waals surface area contributed by atoms with Crippen LogP contribution < -0.4 is 4.74 Å². The van der Waals surface area contributed by atoms with Gasteiger partial charge in [-0.15, -0.1) is 0 Å². The van der Waals surface area contributed by atoms with Crippen LogP contribution in [-0.4, -0.2) is 51.6 Å². The van der Waals surface area contributed by atoms with Crippen LogP contribution in [0.4, 0.5) is 0 Å². The zero-order valence-corrected chi connectivity index (χ0v) is 12.9. The van der Waals surface area contributed by atoms with Crippen molar-refractivity contribution in [2.45, 2.75) is 30.7 Å². The normalized spacial score (nSPS) is 28.3. The van der Waals surface area contributed by atoms with Gasteiger partial charge in [-0.05, 0) is 23.3 Å². The molecular formula is C18H20O6. The molecule has 0 spiro atoms. The van der Waals surface area contributed by atoms with Gasteiger partial charge in [-0.2, -0.15) is 0 Å². The summed E-state index contributed by atoms with van der Waals surface area (Å²) in [5, 5.41) is 39.3. The van der Waals surface area contributed by atoms with Gasteiger partial charge >= 0.3 is 0 Å². The zero-order chi connectivity index (χ0) is 17.1. The van der Waals surface area contributed by atoms with E-state index in [0.29, 0.717) is 11.3 Å². The van der Waals surface area contributed by atoms with E-state index >= 15 is 0 Å². The van der Waals surface area contributed by atoms with Crippen molar-refractivity contribution >= 4 is 0 Å². The number of hydrogen-bond donors (Lipinski definition) is 4. The topological polar surface area (TPSA) is 99.4 Å². The molecule has 0 saturated carbocycles. The maximum atomic E-state index is 10.3. The van der Waals surface area contributed by atoms with Crippen molar-refractivity contribution in [1.82, 2.24) is 0 Å². The van der Waals surface area contributed by atoms with E-state index < -0.39 is 30.7 Å². The van der Waals surface area contributed by atoms with Crippen molar-refractivity contribution in [3.05, 3.63) is 65.7 Å². The number of ether oxygens (including phenoxy) is 2. The monoisotopic (exact) mass is 332 g/mol. The first kappa shape index (κ1) is 16.9. The standard InChI is InChI=1S/C18H20O6/c19-14-10-23-18(17(22)16(14)21)24-13-8-6-12(7-9-13)15(20)11-4-2-1-3-5-11/h1-9,14-22H,10H2/t14-,15?,16+,17-,18+/m1/s1. The van der Waals surface area contributed by atoms with Gasteiger partial charge in [-0.3, -0.25) is 0 Å². The highest BCUT2D eigenvalue weighted by Gasteiger charge is 2.38. The molecule has 1 heterocycles. The van der Waals surface area contributed by atoms with Crippen LogP contribution in [0.3, 0.4) is 0 Å². The second-order valence-electron chi connectivity index (χ2n) is 5.75. The Morgan fingerprint density at radius 2 is 1.50 bits per heavy atom. The zero-order valence-electron chi connectivity index (χ0n) is 12.9. The van der Waals surface area contributed by atoms with Gasteiger partial charge in [-0.25, -0.2) is 0 Å². The summed E-state index contributed by atoms with van der Waals surface area (Å²) in [6.07, 6.45) is -5.60. The van der Waals surface area contributed by atoms with Crippen LogP contribution in [0, 0.1) is 0 Å². The fraction of sp³-hybridized carbons (Fsp3) is 0.333. The van der Waals surface area contributed by atoms with E-state index in [4.69, 9.17) is 9.47 Å². The first-order valence-corrected chi connectivity index (χ1v) is 7.71. The summed E-state index contributed by atoms with van der Waals surface area (Å²) in [6, 6.07) is 16.0. The smallest absolute Gasteiger partial charge is 0.228 e. The fourth-order valence-corrected chi connectivity index (χ4v) is 2.57. The van der Waals surface area contributed by atoms with Gasteiger partial charge in [0.1, 0.15) is 30.2 Å². The van der Waals surface area contributed by atoms with Gasteiger partial charge < -0.3 is 29.9 Å². The fourth-order valence-electron chi connectivity index (χ4n) is 2.57. The molecule has 0 bridgehead atoms. The second-order valence-corrected chi connectivity index (χ2v) is 5.75. The highest BCUT2D eigenvalue weighted by Crippen LogP contribution is 2.25. The predicted octanol–water partition coefficient (Wildman–Crippen LogP) is 0.586. The van der Waals surface area contributed by atoms with E-state index in [1.54, 1.807) is 24.3 Å². The molecule has 5 atom stereocenters. The summed E-state index contributed by atoms with van der Waals surface area (Å²) in [6.45, 7) is -0.117. The molecule has 1 unspecified atom stereocenters. The largest absolute Gasteiger partial charge is 0.462 e. The van der Waals surface area contributed by atoms with Gasteiger partial charge in [0, 0.05) is 0 Å². The molecule has 1 fully saturated rings. The van der Waals surface area contributed by atoms with Gasteiger partial charge in [0.05, 0.1) is 6.61 Å². The number of rotatable bonds is 4. The van der Waals surface area contributed by atoms with Crippen LogP contribution in [0.1, 0.15) is 17.2 Å². The Balaban J connectivity index is 1.67. The Morgan fingerprint density at radius 1 is 0.875 bits per heavy atom. The molecule has 128 valence electrons. The molecule has 2 aromatic rings. The van der Waals surface area contributed by atoms with Crippen LogP contribution >= 0.6 is 0 Å². The van der Waals surface area contributed by atoms with E-state index in [-0.39, 0.29) is 6.61 Å². The molecule has 6 nitrogen and oxygen atoms in total. The molecule has 6 heteroatoms. The van der Waals surface area contributed by atoms with E-state index in [1.807, 2.05) is 30.3 Å². The third-order valence-electron chi connectivity index (χ3n) is 4.02. The lowest BCUT2D eigenvalue weighted by atomic mass is 10.0. The van der Waals surface area contributed by atoms with Crippen LogP contribution in [0.15, 0.2) is 54.6 Å². The predicted molar refractivity (Wildman–Crippen MR) is 85.3 cm³/mol. The molecule has 1 saturated heterocycles. The summed E-state index contributed by atoms with van der Waals surface area (Å²) in [5.74, 6) is 0.423. The lowest BCUT2D eigenvalue weighted by molar-refractivity contribution is -0.242. The molecular weight excluding hydrogens is 312 g/mol. The summed E-state index contributed by atoms with van der Waals surface area (Å²) in [4.78, 5) is 0. The highest BCUT2D eigenvalue weighted by atomic mass is 16.7. The van der Waals surface area contributed by atoms with Crippen molar-refractivity contribution in [3.63, 3.8) is 0 Å². The lowest BCUT2D eigenvalue weighted by Gasteiger charge is -2.34. The van der Waals surface area contributed by atoms with Crippen molar-refractivity contribution in [3.8, 4) is 5.75 Å². The van der Waals surface area contributed by atoms with Crippen molar-refractivity contribution in [2.24, 2.45) is 0 Å². The molecule has 1 aliphatic heterocycles. The van der Waals surface area contributed by atoms with Crippen LogP contribution in [0.5, 0.6) is 5.75 Å². The minimum Gasteiger partial charge on any atom is -0.462 e. The van der Waals surface area contributed by atoms with Crippen molar-refractivity contribution in [2.75, 3.05) is 6.61 Å². The van der Waals surface area contributed by atoms with Crippen LogP contribution in [0.25, 0.3) is 0 Å². The third-order valence-corrected chi connectivity index (χ3v) is 4.02. The van der Waals surface area contributed by atoms with E-state index in [1.165, 1.54) is 0 Å². The Morgan fingerprint density at radius 3 is 2.17 bits per heavy atom. The molecule has 3 rings (SSSR count). The van der Waals surface area contributed by atoms with E-state index in [9.17, 15) is 20.4 Å². The van der Waals surface area contributed by atoms with Crippen molar-refractivity contribution < 1.29 is 29.9 Å². The number of hydrogen-bond acceptors (Lipinski definition) is 6.